The van der Waals surface area contributed by atoms with Crippen LogP contribution in [0.15, 0.2) is 12.4 Å². The molecule has 0 bridgehead atoms. The Morgan fingerprint density at radius 1 is 1.04 bits per heavy atom. The highest BCUT2D eigenvalue weighted by atomic mass is 16.5. The number of aromatic nitrogens is 2. The number of piperazine rings is 2. The van der Waals surface area contributed by atoms with Gasteiger partial charge in [0.1, 0.15) is 18.0 Å². The molecule has 8 nitrogen and oxygen atoms in total. The summed E-state index contributed by atoms with van der Waals surface area (Å²) in [4.78, 5) is 29.3. The zero-order valence-corrected chi connectivity index (χ0v) is 16.1. The largest absolute Gasteiger partial charge is 0.377 e. The van der Waals surface area contributed by atoms with Gasteiger partial charge in [0, 0.05) is 58.9 Å². The Bertz CT molecular complexity index is 603. The number of anilines is 2. The Labute approximate surface area is 155 Å². The van der Waals surface area contributed by atoms with E-state index in [1.807, 2.05) is 18.0 Å². The van der Waals surface area contributed by atoms with Gasteiger partial charge < -0.3 is 19.4 Å². The monoisotopic (exact) mass is 362 g/mol. The fourth-order valence-electron chi connectivity index (χ4n) is 3.26. The number of ether oxygens (including phenoxy) is 1. The molecule has 0 aliphatic carbocycles. The van der Waals surface area contributed by atoms with Gasteiger partial charge in [-0.1, -0.05) is 0 Å². The predicted molar refractivity (Wildman–Crippen MR) is 102 cm³/mol. The van der Waals surface area contributed by atoms with Crippen LogP contribution in [-0.2, 0) is 9.53 Å². The fraction of sp³-hybridized carbons (Fsp3) is 0.722. The molecule has 2 fully saturated rings. The van der Waals surface area contributed by atoms with Crippen molar-refractivity contribution in [3.8, 4) is 0 Å². The Balaban J connectivity index is 1.54. The normalized spacial score (nSPS) is 19.5. The minimum Gasteiger partial charge on any atom is -0.377 e. The molecule has 144 valence electrons. The van der Waals surface area contributed by atoms with E-state index in [1.54, 1.807) is 11.2 Å². The van der Waals surface area contributed by atoms with Gasteiger partial charge in [-0.05, 0) is 13.8 Å². The third-order valence-electron chi connectivity index (χ3n) is 4.97. The molecule has 0 spiro atoms. The van der Waals surface area contributed by atoms with Crippen LogP contribution in [0, 0.1) is 0 Å². The van der Waals surface area contributed by atoms with Crippen molar-refractivity contribution >= 4 is 17.5 Å². The fourth-order valence-corrected chi connectivity index (χ4v) is 3.26. The number of amides is 1. The molecular formula is C18H30N6O2. The average Bonchev–Trinajstić information content (AvgIpc) is 2.64. The average molecular weight is 362 g/mol. The molecule has 2 saturated heterocycles. The molecule has 2 aliphatic rings. The summed E-state index contributed by atoms with van der Waals surface area (Å²) < 4.78 is 5.64. The maximum atomic E-state index is 11.9. The van der Waals surface area contributed by atoms with E-state index in [1.165, 1.54) is 0 Å². The maximum absolute atomic E-state index is 11.9. The minimum absolute atomic E-state index is 0.133. The van der Waals surface area contributed by atoms with E-state index < -0.39 is 0 Å². The van der Waals surface area contributed by atoms with Gasteiger partial charge in [0.2, 0.25) is 5.91 Å². The highest BCUT2D eigenvalue weighted by Crippen LogP contribution is 2.20. The number of rotatable bonds is 6. The van der Waals surface area contributed by atoms with Crippen LogP contribution in [0.1, 0.15) is 13.8 Å². The summed E-state index contributed by atoms with van der Waals surface area (Å²) >= 11 is 0. The quantitative estimate of drug-likeness (QED) is 0.721. The number of hydrogen-bond acceptors (Lipinski definition) is 7. The first-order valence-corrected chi connectivity index (χ1v) is 9.43. The molecule has 0 N–H and O–H groups in total. The summed E-state index contributed by atoms with van der Waals surface area (Å²) in [6.45, 7) is 11.7. The Morgan fingerprint density at radius 3 is 2.35 bits per heavy atom. The molecule has 3 heterocycles. The van der Waals surface area contributed by atoms with Crippen LogP contribution in [0.2, 0.25) is 0 Å². The second kappa shape index (κ2) is 8.64. The summed E-state index contributed by atoms with van der Waals surface area (Å²) in [6, 6.07) is 2.01. The molecule has 0 radical (unpaired) electrons. The van der Waals surface area contributed by atoms with Gasteiger partial charge in [0.25, 0.3) is 0 Å². The van der Waals surface area contributed by atoms with E-state index in [0.717, 1.165) is 64.1 Å². The van der Waals surface area contributed by atoms with Crippen molar-refractivity contribution in [3.63, 3.8) is 0 Å². The van der Waals surface area contributed by atoms with Gasteiger partial charge in [-0.2, -0.15) is 0 Å². The highest BCUT2D eigenvalue weighted by Gasteiger charge is 2.23. The zero-order chi connectivity index (χ0) is 18.5. The zero-order valence-electron chi connectivity index (χ0n) is 16.1. The van der Waals surface area contributed by atoms with Crippen LogP contribution < -0.4 is 9.80 Å². The molecule has 8 heteroatoms. The standard InChI is InChI=1S/C18H30N6O2/c1-15(2)26-11-10-22-5-8-23(9-6-22)16-12-17(20-14-19-16)24-7-4-21(3)18(25)13-24/h12,14-15H,4-11,13H2,1-3H3. The van der Waals surface area contributed by atoms with Crippen molar-refractivity contribution in [2.24, 2.45) is 0 Å². The molecule has 3 rings (SSSR count). The van der Waals surface area contributed by atoms with Crippen LogP contribution >= 0.6 is 0 Å². The van der Waals surface area contributed by atoms with Crippen LogP contribution in [0.25, 0.3) is 0 Å². The molecule has 0 unspecified atom stereocenters. The first-order valence-electron chi connectivity index (χ1n) is 9.43. The van der Waals surface area contributed by atoms with E-state index in [-0.39, 0.29) is 12.0 Å². The SMILES string of the molecule is CC(C)OCCN1CCN(c2cc(N3CCN(C)C(=O)C3)ncn2)CC1. The lowest BCUT2D eigenvalue weighted by atomic mass is 10.3. The van der Waals surface area contributed by atoms with Gasteiger partial charge in [0.05, 0.1) is 19.3 Å². The molecule has 26 heavy (non-hydrogen) atoms. The summed E-state index contributed by atoms with van der Waals surface area (Å²) in [7, 11) is 1.84. The topological polar surface area (TPSA) is 65.0 Å². The lowest BCUT2D eigenvalue weighted by molar-refractivity contribution is -0.129. The van der Waals surface area contributed by atoms with Gasteiger partial charge in [-0.3, -0.25) is 9.69 Å². The van der Waals surface area contributed by atoms with Gasteiger partial charge >= 0.3 is 0 Å². The van der Waals surface area contributed by atoms with Crippen molar-refractivity contribution in [3.05, 3.63) is 12.4 Å². The number of carbonyl (C=O) groups excluding carboxylic acids is 1. The number of hydrogen-bond donors (Lipinski definition) is 0. The molecule has 0 aromatic carbocycles. The summed E-state index contributed by atoms with van der Waals surface area (Å²) in [5, 5.41) is 0. The first kappa shape index (κ1) is 18.8. The van der Waals surface area contributed by atoms with Crippen molar-refractivity contribution in [2.45, 2.75) is 20.0 Å². The smallest absolute Gasteiger partial charge is 0.241 e. The first-order chi connectivity index (χ1) is 12.5. The van der Waals surface area contributed by atoms with Crippen LogP contribution in [0.5, 0.6) is 0 Å². The van der Waals surface area contributed by atoms with Crippen molar-refractivity contribution in [2.75, 3.05) is 75.8 Å². The van der Waals surface area contributed by atoms with Gasteiger partial charge in [-0.15, -0.1) is 0 Å². The lowest BCUT2D eigenvalue weighted by Crippen LogP contribution is -2.49. The number of carbonyl (C=O) groups is 1. The summed E-state index contributed by atoms with van der Waals surface area (Å²) in [5.74, 6) is 1.91. The third-order valence-corrected chi connectivity index (χ3v) is 4.97. The van der Waals surface area contributed by atoms with Crippen molar-refractivity contribution in [1.82, 2.24) is 19.8 Å². The molecule has 0 atom stereocenters. The van der Waals surface area contributed by atoms with Crippen LogP contribution in [0.4, 0.5) is 11.6 Å². The van der Waals surface area contributed by atoms with E-state index >= 15 is 0 Å². The van der Waals surface area contributed by atoms with Gasteiger partial charge in [0.15, 0.2) is 0 Å². The molecule has 1 aromatic heterocycles. The Hall–Kier alpha value is -1.93. The molecule has 1 aromatic rings. The predicted octanol–water partition coefficient (Wildman–Crippen LogP) is 0.302. The van der Waals surface area contributed by atoms with Gasteiger partial charge in [-0.25, -0.2) is 9.97 Å². The molecule has 1 amide bonds. The minimum atomic E-state index is 0.133. The Morgan fingerprint density at radius 2 is 1.69 bits per heavy atom. The lowest BCUT2D eigenvalue weighted by Gasteiger charge is -2.36. The van der Waals surface area contributed by atoms with Crippen molar-refractivity contribution in [1.29, 1.82) is 0 Å². The summed E-state index contributed by atoms with van der Waals surface area (Å²) in [6.07, 6.45) is 1.90. The number of likely N-dealkylation sites (N-methyl/N-ethyl adjacent to an activating group) is 1. The second-order valence-corrected chi connectivity index (χ2v) is 7.22. The molecule has 2 aliphatic heterocycles. The molecule has 0 saturated carbocycles. The Kier molecular flexibility index (Phi) is 6.26. The summed E-state index contributed by atoms with van der Waals surface area (Å²) in [5.41, 5.74) is 0. The van der Waals surface area contributed by atoms with E-state index in [9.17, 15) is 4.79 Å². The van der Waals surface area contributed by atoms with Crippen LogP contribution in [-0.4, -0.2) is 97.8 Å². The van der Waals surface area contributed by atoms with E-state index in [4.69, 9.17) is 4.74 Å². The second-order valence-electron chi connectivity index (χ2n) is 7.22. The number of nitrogens with zero attached hydrogens (tertiary/aromatic N) is 6. The highest BCUT2D eigenvalue weighted by molar-refractivity contribution is 5.82. The third kappa shape index (κ3) is 4.82. The van der Waals surface area contributed by atoms with Crippen LogP contribution in [0.3, 0.4) is 0 Å². The van der Waals surface area contributed by atoms with E-state index in [2.05, 4.69) is 33.6 Å². The van der Waals surface area contributed by atoms with Crippen molar-refractivity contribution < 1.29 is 9.53 Å². The van der Waals surface area contributed by atoms with E-state index in [0.29, 0.717) is 6.54 Å². The maximum Gasteiger partial charge on any atom is 0.241 e. The molecular weight excluding hydrogens is 332 g/mol.